The van der Waals surface area contributed by atoms with Crippen molar-refractivity contribution in [1.82, 2.24) is 10.6 Å². The summed E-state index contributed by atoms with van der Waals surface area (Å²) in [6.45, 7) is 9.79. The number of hydrogen-bond donors (Lipinski definition) is 2. The van der Waals surface area contributed by atoms with Gasteiger partial charge in [-0.15, -0.1) is 0 Å². The van der Waals surface area contributed by atoms with Crippen molar-refractivity contribution in [2.24, 2.45) is 0 Å². The first kappa shape index (κ1) is 15.7. The van der Waals surface area contributed by atoms with Crippen LogP contribution in [0.1, 0.15) is 51.2 Å². The van der Waals surface area contributed by atoms with Crippen molar-refractivity contribution in [3.05, 3.63) is 35.4 Å². The summed E-state index contributed by atoms with van der Waals surface area (Å²) < 4.78 is 0. The van der Waals surface area contributed by atoms with Gasteiger partial charge >= 0.3 is 0 Å². The fourth-order valence-electron chi connectivity index (χ4n) is 1.79. The monoisotopic (exact) mass is 262 g/mol. The van der Waals surface area contributed by atoms with Gasteiger partial charge in [-0.1, -0.05) is 45.0 Å². The van der Waals surface area contributed by atoms with Crippen LogP contribution in [0.15, 0.2) is 24.3 Å². The van der Waals surface area contributed by atoms with E-state index < -0.39 is 0 Å². The molecule has 0 aliphatic heterocycles. The minimum absolute atomic E-state index is 0.0700. The Labute approximate surface area is 116 Å². The molecule has 1 amide bonds. The number of nitrogens with one attached hydrogen (secondary N) is 2. The molecule has 0 heterocycles. The first-order valence-corrected chi connectivity index (χ1v) is 7.14. The van der Waals surface area contributed by atoms with Crippen LogP contribution in [0.25, 0.3) is 0 Å². The van der Waals surface area contributed by atoms with E-state index in [1.165, 1.54) is 11.1 Å². The highest BCUT2D eigenvalue weighted by Gasteiger charge is 2.10. The van der Waals surface area contributed by atoms with Crippen LogP contribution in [-0.2, 0) is 11.3 Å². The average Bonchev–Trinajstić information content (AvgIpc) is 2.42. The molecule has 1 unspecified atom stereocenters. The van der Waals surface area contributed by atoms with E-state index >= 15 is 0 Å². The summed E-state index contributed by atoms with van der Waals surface area (Å²) in [5.74, 6) is 0.626. The summed E-state index contributed by atoms with van der Waals surface area (Å²) >= 11 is 0. The summed E-state index contributed by atoms with van der Waals surface area (Å²) in [4.78, 5) is 11.7. The van der Waals surface area contributed by atoms with Crippen molar-refractivity contribution in [2.75, 3.05) is 6.54 Å². The summed E-state index contributed by atoms with van der Waals surface area (Å²) in [6, 6.07) is 8.40. The van der Waals surface area contributed by atoms with Crippen LogP contribution in [0.4, 0.5) is 0 Å². The van der Waals surface area contributed by atoms with Crippen LogP contribution in [0.2, 0.25) is 0 Å². The predicted octanol–water partition coefficient (Wildman–Crippen LogP) is 2.81. The maximum Gasteiger partial charge on any atom is 0.236 e. The van der Waals surface area contributed by atoms with E-state index in [0.29, 0.717) is 5.92 Å². The number of hydrogen-bond acceptors (Lipinski definition) is 2. The number of benzene rings is 1. The third-order valence-electron chi connectivity index (χ3n) is 3.20. The lowest BCUT2D eigenvalue weighted by Gasteiger charge is -2.14. The molecule has 0 spiro atoms. The quantitative estimate of drug-likeness (QED) is 0.793. The van der Waals surface area contributed by atoms with Crippen LogP contribution in [0, 0.1) is 0 Å². The minimum atomic E-state index is -0.156. The Morgan fingerprint density at radius 1 is 1.16 bits per heavy atom. The molecule has 1 aromatic rings. The molecule has 106 valence electrons. The largest absolute Gasteiger partial charge is 0.355 e. The average molecular weight is 262 g/mol. The fourth-order valence-corrected chi connectivity index (χ4v) is 1.79. The summed E-state index contributed by atoms with van der Waals surface area (Å²) in [5.41, 5.74) is 2.55. The van der Waals surface area contributed by atoms with Crippen molar-refractivity contribution in [1.29, 1.82) is 0 Å². The van der Waals surface area contributed by atoms with E-state index in [1.807, 2.05) is 6.92 Å². The highest BCUT2D eigenvalue weighted by Crippen LogP contribution is 2.14. The predicted molar refractivity (Wildman–Crippen MR) is 80.1 cm³/mol. The standard InChI is InChI=1S/C16H26N2O/c1-5-10-17-16(19)13(4)18-11-14-6-8-15(9-7-14)12(2)3/h6-9,12-13,18H,5,10-11H2,1-4H3,(H,17,19). The molecule has 1 rings (SSSR count). The highest BCUT2D eigenvalue weighted by molar-refractivity contribution is 5.81. The molecule has 0 aliphatic rings. The van der Waals surface area contributed by atoms with Crippen LogP contribution in [0.5, 0.6) is 0 Å². The van der Waals surface area contributed by atoms with Crippen LogP contribution in [0.3, 0.4) is 0 Å². The van der Waals surface area contributed by atoms with Gasteiger partial charge in [-0.3, -0.25) is 4.79 Å². The molecule has 0 fully saturated rings. The molecule has 0 radical (unpaired) electrons. The maximum atomic E-state index is 11.7. The molecule has 0 aromatic heterocycles. The molecule has 1 atom stereocenters. The molecule has 0 saturated carbocycles. The Bertz CT molecular complexity index is 384. The smallest absolute Gasteiger partial charge is 0.236 e. The van der Waals surface area contributed by atoms with Gasteiger partial charge in [-0.2, -0.15) is 0 Å². The topological polar surface area (TPSA) is 41.1 Å². The number of carbonyl (C=O) groups excluding carboxylic acids is 1. The second-order valence-electron chi connectivity index (χ2n) is 5.29. The normalized spacial score (nSPS) is 12.5. The zero-order valence-corrected chi connectivity index (χ0v) is 12.5. The Hall–Kier alpha value is -1.35. The SMILES string of the molecule is CCCNC(=O)C(C)NCc1ccc(C(C)C)cc1. The van der Waals surface area contributed by atoms with Crippen molar-refractivity contribution in [2.45, 2.75) is 52.6 Å². The van der Waals surface area contributed by atoms with Crippen molar-refractivity contribution in [3.8, 4) is 0 Å². The van der Waals surface area contributed by atoms with Gasteiger partial charge in [-0.25, -0.2) is 0 Å². The third-order valence-corrected chi connectivity index (χ3v) is 3.20. The molecular formula is C16H26N2O. The van der Waals surface area contributed by atoms with Gasteiger partial charge in [0.1, 0.15) is 0 Å². The van der Waals surface area contributed by atoms with Gasteiger partial charge in [0.15, 0.2) is 0 Å². The van der Waals surface area contributed by atoms with Gasteiger partial charge < -0.3 is 10.6 Å². The van der Waals surface area contributed by atoms with Gasteiger partial charge in [0.2, 0.25) is 5.91 Å². The molecule has 19 heavy (non-hydrogen) atoms. The van der Waals surface area contributed by atoms with E-state index in [1.54, 1.807) is 0 Å². The fraction of sp³-hybridized carbons (Fsp3) is 0.562. The van der Waals surface area contributed by atoms with E-state index in [0.717, 1.165) is 19.5 Å². The van der Waals surface area contributed by atoms with Crippen LogP contribution in [-0.4, -0.2) is 18.5 Å². The molecule has 0 aliphatic carbocycles. The first-order chi connectivity index (χ1) is 9.04. The Morgan fingerprint density at radius 3 is 2.32 bits per heavy atom. The second-order valence-corrected chi connectivity index (χ2v) is 5.29. The van der Waals surface area contributed by atoms with E-state index in [-0.39, 0.29) is 11.9 Å². The van der Waals surface area contributed by atoms with E-state index in [2.05, 4.69) is 55.7 Å². The molecule has 0 saturated heterocycles. The highest BCUT2D eigenvalue weighted by atomic mass is 16.2. The molecule has 0 bridgehead atoms. The van der Waals surface area contributed by atoms with Crippen LogP contribution >= 0.6 is 0 Å². The van der Waals surface area contributed by atoms with Crippen molar-refractivity contribution < 1.29 is 4.79 Å². The Balaban J connectivity index is 2.41. The van der Waals surface area contributed by atoms with Gasteiger partial charge in [0.25, 0.3) is 0 Å². The van der Waals surface area contributed by atoms with Crippen LogP contribution < -0.4 is 10.6 Å². The lowest BCUT2D eigenvalue weighted by molar-refractivity contribution is -0.122. The van der Waals surface area contributed by atoms with Gasteiger partial charge in [0.05, 0.1) is 6.04 Å². The molecule has 2 N–H and O–H groups in total. The molecule has 1 aromatic carbocycles. The van der Waals surface area contributed by atoms with E-state index in [9.17, 15) is 4.79 Å². The lowest BCUT2D eigenvalue weighted by Crippen LogP contribution is -2.42. The van der Waals surface area contributed by atoms with E-state index in [4.69, 9.17) is 0 Å². The summed E-state index contributed by atoms with van der Waals surface area (Å²) in [5, 5.41) is 6.14. The first-order valence-electron chi connectivity index (χ1n) is 7.14. The van der Waals surface area contributed by atoms with Gasteiger partial charge in [-0.05, 0) is 30.4 Å². The number of carbonyl (C=O) groups is 1. The second kappa shape index (κ2) is 7.95. The summed E-state index contributed by atoms with van der Waals surface area (Å²) in [7, 11) is 0. The van der Waals surface area contributed by atoms with Gasteiger partial charge in [0, 0.05) is 13.1 Å². The maximum absolute atomic E-state index is 11.7. The third kappa shape index (κ3) is 5.43. The van der Waals surface area contributed by atoms with Crippen molar-refractivity contribution >= 4 is 5.91 Å². The zero-order valence-electron chi connectivity index (χ0n) is 12.5. The Morgan fingerprint density at radius 2 is 1.79 bits per heavy atom. The zero-order chi connectivity index (χ0) is 14.3. The molecule has 3 nitrogen and oxygen atoms in total. The summed E-state index contributed by atoms with van der Waals surface area (Å²) in [6.07, 6.45) is 0.967. The minimum Gasteiger partial charge on any atom is -0.355 e. The molecule has 3 heteroatoms. The van der Waals surface area contributed by atoms with Crippen molar-refractivity contribution in [3.63, 3.8) is 0 Å². The lowest BCUT2D eigenvalue weighted by atomic mass is 10.0. The molecular weight excluding hydrogens is 236 g/mol. The number of rotatable bonds is 7. The number of amides is 1. The Kier molecular flexibility index (Phi) is 6.57.